The smallest absolute Gasteiger partial charge is 0.00365 e. The molecule has 0 N–H and O–H groups in total. The Hall–Kier alpha value is -0.690. The van der Waals surface area contributed by atoms with Gasteiger partial charge < -0.3 is 0 Å². The molecule has 0 aliphatic carbocycles. The van der Waals surface area contributed by atoms with E-state index in [2.05, 4.69) is 56.8 Å². The van der Waals surface area contributed by atoms with E-state index in [0.29, 0.717) is 5.92 Å². The molecule has 0 aromatic heterocycles. The first kappa shape index (κ1) is 11.4. The third-order valence-corrected chi connectivity index (χ3v) is 4.94. The van der Waals surface area contributed by atoms with Crippen LogP contribution >= 0.6 is 9.21 Å². The topological polar surface area (TPSA) is 0 Å². The van der Waals surface area contributed by atoms with Crippen molar-refractivity contribution < 1.29 is 0 Å². The van der Waals surface area contributed by atoms with Crippen molar-refractivity contribution in [3.8, 4) is 0 Å². The fourth-order valence-electron chi connectivity index (χ4n) is 1.31. The summed E-state index contributed by atoms with van der Waals surface area (Å²) in [6.45, 7) is 6.60. The highest BCUT2D eigenvalue weighted by atomic mass is 32.2. The van der Waals surface area contributed by atoms with Crippen LogP contribution in [0.2, 0.25) is 0 Å². The van der Waals surface area contributed by atoms with Crippen molar-refractivity contribution in [2.24, 2.45) is 0 Å². The summed E-state index contributed by atoms with van der Waals surface area (Å²) in [5.74, 6) is 10.1. The quantitative estimate of drug-likeness (QED) is 0.662. The first-order chi connectivity index (χ1) is 6.47. The molecule has 0 spiro atoms. The van der Waals surface area contributed by atoms with Crippen LogP contribution in [-0.2, 0) is 0 Å². The van der Waals surface area contributed by atoms with Crippen molar-refractivity contribution in [2.75, 3.05) is 5.75 Å². The third kappa shape index (κ3) is 2.42. The fraction of sp³-hybridized carbons (Fsp3) is 0.385. The molecule has 0 aliphatic rings. The zero-order valence-electron chi connectivity index (χ0n) is 9.42. The molecule has 0 nitrogen and oxygen atoms in total. The van der Waals surface area contributed by atoms with Gasteiger partial charge >= 0.3 is 0 Å². The molecule has 0 heterocycles. The average molecular weight is 208 g/mol. The van der Waals surface area contributed by atoms with Crippen molar-refractivity contribution in [3.63, 3.8) is 0 Å². The molecule has 0 bridgehead atoms. The van der Waals surface area contributed by atoms with Gasteiger partial charge in [-0.15, -0.1) is 0 Å². The normalized spacial score (nSPS) is 12.0. The van der Waals surface area contributed by atoms with E-state index in [1.54, 1.807) is 0 Å². The second-order valence-electron chi connectivity index (χ2n) is 4.06. The fourth-order valence-corrected chi connectivity index (χ4v) is 2.40. The predicted molar refractivity (Wildman–Crippen MR) is 71.2 cm³/mol. The maximum atomic E-state index is 4.23. The van der Waals surface area contributed by atoms with Crippen LogP contribution in [0.25, 0.3) is 0 Å². The van der Waals surface area contributed by atoms with Crippen molar-refractivity contribution in [1.29, 1.82) is 0 Å². The lowest BCUT2D eigenvalue weighted by Crippen LogP contribution is -1.90. The molecule has 78 valence electrons. The summed E-state index contributed by atoms with van der Waals surface area (Å²) in [6.07, 6.45) is 0. The van der Waals surface area contributed by atoms with Crippen LogP contribution in [0.1, 0.15) is 32.3 Å². The summed E-state index contributed by atoms with van der Waals surface area (Å²) in [4.78, 5) is 1.33. The van der Waals surface area contributed by atoms with Crippen molar-refractivity contribution in [2.45, 2.75) is 31.6 Å². The van der Waals surface area contributed by atoms with E-state index in [4.69, 9.17) is 0 Å². The van der Waals surface area contributed by atoms with E-state index in [1.807, 2.05) is 0 Å². The zero-order valence-corrected chi connectivity index (χ0v) is 10.2. The Morgan fingerprint density at radius 3 is 2.43 bits per heavy atom. The van der Waals surface area contributed by atoms with Crippen LogP contribution in [0.3, 0.4) is 0 Å². The number of rotatable bonds is 3. The van der Waals surface area contributed by atoms with Crippen molar-refractivity contribution in [1.82, 2.24) is 0 Å². The van der Waals surface area contributed by atoms with Crippen LogP contribution in [0.4, 0.5) is 0 Å². The molecule has 0 atom stereocenters. The maximum Gasteiger partial charge on any atom is -0.00365 e. The van der Waals surface area contributed by atoms with E-state index in [-0.39, 0.29) is 0 Å². The van der Waals surface area contributed by atoms with Crippen LogP contribution < -0.4 is 0 Å². The van der Waals surface area contributed by atoms with Gasteiger partial charge in [0.15, 0.2) is 0 Å². The summed E-state index contributed by atoms with van der Waals surface area (Å²) >= 11 is 0. The highest BCUT2D eigenvalue weighted by Crippen LogP contribution is 2.32. The van der Waals surface area contributed by atoms with Gasteiger partial charge in [-0.1, -0.05) is 44.6 Å². The molecule has 14 heavy (non-hydrogen) atoms. The second kappa shape index (κ2) is 4.22. The van der Waals surface area contributed by atoms with Gasteiger partial charge in [0.05, 0.1) is 0 Å². The second-order valence-corrected chi connectivity index (χ2v) is 7.20. The summed E-state index contributed by atoms with van der Waals surface area (Å²) in [5, 5.41) is 0. The standard InChI is InChI=1S/C13H20S/c1-6-14(4,5)13-9-7-8-12(10-13)11(2)3/h7-11H,4-6H2,1-3H3. The van der Waals surface area contributed by atoms with Gasteiger partial charge in [-0.2, -0.15) is 9.21 Å². The molecule has 1 heteroatoms. The maximum absolute atomic E-state index is 4.23. The molecule has 0 saturated carbocycles. The largest absolute Gasteiger partial charge is 0.188 e. The van der Waals surface area contributed by atoms with E-state index >= 15 is 0 Å². The minimum atomic E-state index is -1.05. The molecule has 1 aromatic rings. The molecular formula is C13H20S. The molecule has 0 amide bonds. The Bertz CT molecular complexity index is 397. The number of benzene rings is 1. The summed E-state index contributed by atoms with van der Waals surface area (Å²) in [5.41, 5.74) is 1.39. The monoisotopic (exact) mass is 208 g/mol. The van der Waals surface area contributed by atoms with Crippen molar-refractivity contribution >= 4 is 20.9 Å². The number of hydrogen-bond acceptors (Lipinski definition) is 0. The first-order valence-corrected chi connectivity index (χ1v) is 7.18. The van der Waals surface area contributed by atoms with Crippen LogP contribution in [0, 0.1) is 0 Å². The van der Waals surface area contributed by atoms with Gasteiger partial charge in [0, 0.05) is 0 Å². The van der Waals surface area contributed by atoms with E-state index in [9.17, 15) is 0 Å². The molecular weight excluding hydrogens is 188 g/mol. The Labute approximate surface area is 88.5 Å². The van der Waals surface area contributed by atoms with E-state index in [0.717, 1.165) is 5.75 Å². The van der Waals surface area contributed by atoms with E-state index < -0.39 is 9.21 Å². The van der Waals surface area contributed by atoms with E-state index in [1.165, 1.54) is 10.5 Å². The molecule has 0 fully saturated rings. The van der Waals surface area contributed by atoms with Crippen molar-refractivity contribution in [3.05, 3.63) is 29.8 Å². The summed E-state index contributed by atoms with van der Waals surface area (Å²) in [6, 6.07) is 8.73. The van der Waals surface area contributed by atoms with Gasteiger partial charge in [-0.3, -0.25) is 0 Å². The summed E-state index contributed by atoms with van der Waals surface area (Å²) in [7, 11) is -1.05. The molecule has 0 unspecified atom stereocenters. The SMILES string of the molecule is C=S(=C)(CC)c1cccc(C(C)C)c1. The van der Waals surface area contributed by atoms with Gasteiger partial charge in [-0.05, 0) is 34.3 Å². The van der Waals surface area contributed by atoms with Gasteiger partial charge in [0.1, 0.15) is 0 Å². The predicted octanol–water partition coefficient (Wildman–Crippen LogP) is 3.86. The molecule has 1 rings (SSSR count). The highest BCUT2D eigenvalue weighted by Gasteiger charge is 2.03. The summed E-state index contributed by atoms with van der Waals surface area (Å²) < 4.78 is 0. The molecule has 0 radical (unpaired) electrons. The molecule has 0 aliphatic heterocycles. The Kier molecular flexibility index (Phi) is 3.43. The highest BCUT2D eigenvalue weighted by molar-refractivity contribution is 8.27. The minimum absolute atomic E-state index is 0.585. The lowest BCUT2D eigenvalue weighted by molar-refractivity contribution is 0.862. The van der Waals surface area contributed by atoms with Gasteiger partial charge in [0.25, 0.3) is 0 Å². The molecule has 0 saturated heterocycles. The first-order valence-electron chi connectivity index (χ1n) is 5.04. The Balaban J connectivity index is 3.19. The van der Waals surface area contributed by atoms with Crippen LogP contribution in [-0.4, -0.2) is 17.5 Å². The average Bonchev–Trinajstić information content (AvgIpc) is 2.18. The third-order valence-electron chi connectivity index (χ3n) is 2.58. The Morgan fingerprint density at radius 1 is 1.29 bits per heavy atom. The van der Waals surface area contributed by atoms with Gasteiger partial charge in [0.2, 0.25) is 0 Å². The van der Waals surface area contributed by atoms with Crippen LogP contribution in [0.5, 0.6) is 0 Å². The Morgan fingerprint density at radius 2 is 1.93 bits per heavy atom. The lowest BCUT2D eigenvalue weighted by Gasteiger charge is -2.14. The minimum Gasteiger partial charge on any atom is -0.188 e. The van der Waals surface area contributed by atoms with Crippen LogP contribution in [0.15, 0.2) is 29.2 Å². The van der Waals surface area contributed by atoms with Gasteiger partial charge in [-0.25, -0.2) is 0 Å². The molecule has 1 aromatic carbocycles. The zero-order chi connectivity index (χ0) is 10.8. The lowest BCUT2D eigenvalue weighted by atomic mass is 10.0. The number of hydrogen-bond donors (Lipinski definition) is 0.